The Kier molecular flexibility index (Phi) is 0.869. The number of nitrogens with zero attached hydrogens (tertiary/aromatic N) is 2. The van der Waals surface area contributed by atoms with Crippen LogP contribution in [0.5, 0.6) is 0 Å². The van der Waals surface area contributed by atoms with Gasteiger partial charge in [-0.3, -0.25) is 0 Å². The summed E-state index contributed by atoms with van der Waals surface area (Å²) in [6, 6.07) is 0.249. The highest BCUT2D eigenvalue weighted by molar-refractivity contribution is 5.27. The number of hydrogen-bond acceptors (Lipinski definition) is 5. The molecule has 1 aliphatic carbocycles. The molecule has 0 N–H and O–H groups in total. The Balaban J connectivity index is 1.62. The number of azo groups is 1. The first kappa shape index (κ1) is 6.87. The van der Waals surface area contributed by atoms with Gasteiger partial charge in [-0.25, -0.2) is 0 Å². The molecule has 0 aromatic carbocycles. The molecule has 7 atom stereocenters. The molecule has 4 aliphatic heterocycles. The summed E-state index contributed by atoms with van der Waals surface area (Å²) in [5.74, 6) is 0.457. The molecule has 0 aromatic heterocycles. The molecule has 5 nitrogen and oxygen atoms in total. The van der Waals surface area contributed by atoms with Gasteiger partial charge in [-0.2, -0.15) is 10.2 Å². The molecule has 4 heterocycles. The second-order valence-corrected chi connectivity index (χ2v) is 4.88. The van der Waals surface area contributed by atoms with Gasteiger partial charge in [-0.15, -0.1) is 0 Å². The summed E-state index contributed by atoms with van der Waals surface area (Å²) in [6.07, 6.45) is 1.12. The largest absolute Gasteiger partial charge is 0.366 e. The highest BCUT2D eigenvalue weighted by Crippen LogP contribution is 2.60. The van der Waals surface area contributed by atoms with Crippen LogP contribution in [-0.4, -0.2) is 49.2 Å². The van der Waals surface area contributed by atoms with Gasteiger partial charge >= 0.3 is 0 Å². The van der Waals surface area contributed by atoms with E-state index in [-0.39, 0.29) is 30.0 Å². The summed E-state index contributed by atoms with van der Waals surface area (Å²) in [5.41, 5.74) is -0.0742. The van der Waals surface area contributed by atoms with E-state index in [1.165, 1.54) is 0 Å². The maximum absolute atomic E-state index is 5.72. The highest BCUT2D eigenvalue weighted by Gasteiger charge is 2.79. The van der Waals surface area contributed by atoms with E-state index >= 15 is 0 Å². The van der Waals surface area contributed by atoms with Crippen LogP contribution in [0.2, 0.25) is 0 Å². The fourth-order valence-corrected chi connectivity index (χ4v) is 3.23. The lowest BCUT2D eigenvalue weighted by molar-refractivity contribution is 0.190. The molecule has 4 fully saturated rings. The highest BCUT2D eigenvalue weighted by atomic mass is 16.7. The third-order valence-electron chi connectivity index (χ3n) is 4.20. The van der Waals surface area contributed by atoms with Gasteiger partial charge in [0.25, 0.3) is 0 Å². The predicted molar refractivity (Wildman–Crippen MR) is 43.0 cm³/mol. The summed E-state index contributed by atoms with van der Waals surface area (Å²) >= 11 is 0. The third-order valence-corrected chi connectivity index (χ3v) is 4.20. The lowest BCUT2D eigenvalue weighted by Crippen LogP contribution is -2.28. The van der Waals surface area contributed by atoms with Crippen molar-refractivity contribution in [2.75, 3.05) is 13.2 Å². The minimum Gasteiger partial charge on any atom is -0.366 e. The Morgan fingerprint density at radius 2 is 1.93 bits per heavy atom. The summed E-state index contributed by atoms with van der Waals surface area (Å²) in [5, 5.41) is 8.39. The third kappa shape index (κ3) is 0.584. The van der Waals surface area contributed by atoms with Crippen molar-refractivity contribution in [3.05, 3.63) is 0 Å². The fraction of sp³-hybridized carbons (Fsp3) is 1.00. The summed E-state index contributed by atoms with van der Waals surface area (Å²) in [4.78, 5) is 0. The molecule has 0 aromatic rings. The van der Waals surface area contributed by atoms with Gasteiger partial charge in [0, 0.05) is 5.92 Å². The van der Waals surface area contributed by atoms with E-state index in [2.05, 4.69) is 10.2 Å². The number of fused-ring (bicyclic) bond motifs is 7. The molecule has 0 bridgehead atoms. The van der Waals surface area contributed by atoms with Crippen molar-refractivity contribution in [2.24, 2.45) is 16.1 Å². The fourth-order valence-electron chi connectivity index (χ4n) is 3.23. The molecule has 0 unspecified atom stereocenters. The smallest absolute Gasteiger partial charge is 0.149 e. The number of ether oxygens (including phenoxy) is 3. The Labute approximate surface area is 80.4 Å². The van der Waals surface area contributed by atoms with Crippen LogP contribution in [0, 0.1) is 5.92 Å². The quantitative estimate of drug-likeness (QED) is 0.500. The monoisotopic (exact) mass is 194 g/mol. The Bertz CT molecular complexity index is 354. The first-order valence-electron chi connectivity index (χ1n) is 5.22. The van der Waals surface area contributed by atoms with Crippen LogP contribution in [0.3, 0.4) is 0 Å². The van der Waals surface area contributed by atoms with Crippen molar-refractivity contribution in [2.45, 2.75) is 36.1 Å². The first-order valence-corrected chi connectivity index (χ1v) is 5.22. The van der Waals surface area contributed by atoms with Crippen LogP contribution >= 0.6 is 0 Å². The molecule has 74 valence electrons. The van der Waals surface area contributed by atoms with E-state index in [1.54, 1.807) is 0 Å². The lowest BCUT2D eigenvalue weighted by atomic mass is 9.96. The molecule has 5 aliphatic rings. The van der Waals surface area contributed by atoms with Crippen molar-refractivity contribution in [3.63, 3.8) is 0 Å². The summed E-state index contributed by atoms with van der Waals surface area (Å²) < 4.78 is 17.0. The van der Waals surface area contributed by atoms with Gasteiger partial charge in [-0.1, -0.05) is 0 Å². The van der Waals surface area contributed by atoms with E-state index in [0.29, 0.717) is 12.0 Å². The molecular weight excluding hydrogens is 184 g/mol. The minimum absolute atomic E-state index is 0.0742. The van der Waals surface area contributed by atoms with E-state index in [9.17, 15) is 0 Å². The van der Waals surface area contributed by atoms with Crippen LogP contribution in [0.1, 0.15) is 0 Å². The Hall–Kier alpha value is -0.520. The van der Waals surface area contributed by atoms with E-state index in [1.807, 2.05) is 0 Å². The van der Waals surface area contributed by atoms with Crippen molar-refractivity contribution in [1.29, 1.82) is 0 Å². The van der Waals surface area contributed by atoms with Gasteiger partial charge in [-0.05, 0) is 0 Å². The van der Waals surface area contributed by atoms with Gasteiger partial charge in [0.05, 0.1) is 19.3 Å². The molecule has 0 amide bonds. The molecule has 3 saturated heterocycles. The molecule has 1 spiro atoms. The van der Waals surface area contributed by atoms with Crippen LogP contribution in [-0.2, 0) is 14.2 Å². The Morgan fingerprint density at radius 3 is 2.79 bits per heavy atom. The zero-order chi connectivity index (χ0) is 8.91. The van der Waals surface area contributed by atoms with Crippen molar-refractivity contribution < 1.29 is 14.2 Å². The van der Waals surface area contributed by atoms with Gasteiger partial charge in [0.2, 0.25) is 0 Å². The SMILES string of the molecule is C1N=N[C@H]2[C@@H]1[C@H]1O[C@H]1[C@@]1(CO1)[C@H]1O[C@@H]21. The molecule has 0 radical (unpaired) electrons. The standard InChI is InChI=1S/C9H10N2O3/c1-3-4(11-10-1)6-8(14-6)9(2-12-9)7-5(3)13-7/h3-8H,1-2H2/t3-,4+,5-,6+,7-,8+,9+/m1/s1. The number of epoxide rings is 3. The number of rotatable bonds is 0. The molecular formula is C9H10N2O3. The van der Waals surface area contributed by atoms with Crippen LogP contribution in [0.4, 0.5) is 0 Å². The van der Waals surface area contributed by atoms with Gasteiger partial charge in [0.1, 0.15) is 30.0 Å². The van der Waals surface area contributed by atoms with E-state index in [4.69, 9.17) is 14.2 Å². The Morgan fingerprint density at radius 1 is 1.14 bits per heavy atom. The lowest BCUT2D eigenvalue weighted by Gasteiger charge is -2.09. The summed E-state index contributed by atoms with van der Waals surface area (Å²) in [6.45, 7) is 1.63. The summed E-state index contributed by atoms with van der Waals surface area (Å²) in [7, 11) is 0. The van der Waals surface area contributed by atoms with Crippen LogP contribution in [0.25, 0.3) is 0 Å². The molecule has 5 rings (SSSR count). The first-order chi connectivity index (χ1) is 6.90. The second kappa shape index (κ2) is 1.77. The average Bonchev–Trinajstić information content (AvgIpc) is 3.02. The molecule has 14 heavy (non-hydrogen) atoms. The van der Waals surface area contributed by atoms with Gasteiger partial charge in [0.15, 0.2) is 0 Å². The van der Waals surface area contributed by atoms with E-state index in [0.717, 1.165) is 13.2 Å². The predicted octanol–water partition coefficient (Wildman–Crippen LogP) is -0.246. The van der Waals surface area contributed by atoms with Crippen molar-refractivity contribution >= 4 is 0 Å². The minimum atomic E-state index is -0.0742. The van der Waals surface area contributed by atoms with Crippen LogP contribution in [0.15, 0.2) is 10.2 Å². The van der Waals surface area contributed by atoms with Gasteiger partial charge < -0.3 is 14.2 Å². The zero-order valence-corrected chi connectivity index (χ0v) is 7.50. The second-order valence-electron chi connectivity index (χ2n) is 4.88. The van der Waals surface area contributed by atoms with Crippen molar-refractivity contribution in [1.82, 2.24) is 0 Å². The number of hydrogen-bond donors (Lipinski definition) is 0. The maximum atomic E-state index is 5.72. The van der Waals surface area contributed by atoms with E-state index < -0.39 is 0 Å². The maximum Gasteiger partial charge on any atom is 0.149 e. The average molecular weight is 194 g/mol. The van der Waals surface area contributed by atoms with Crippen LogP contribution < -0.4 is 0 Å². The zero-order valence-electron chi connectivity index (χ0n) is 7.50. The normalized spacial score (nSPS) is 70.9. The topological polar surface area (TPSA) is 62.3 Å². The van der Waals surface area contributed by atoms with Crippen molar-refractivity contribution in [3.8, 4) is 0 Å². The molecule has 1 saturated carbocycles. The molecule has 5 heteroatoms.